The molecular formula is C12H14FNO4S. The largest absolute Gasteiger partial charge is 0.488 e. The van der Waals surface area contributed by atoms with Gasteiger partial charge in [-0.1, -0.05) is 28.9 Å². The van der Waals surface area contributed by atoms with E-state index in [1.165, 1.54) is 18.2 Å². The molecule has 2 rings (SSSR count). The van der Waals surface area contributed by atoms with Gasteiger partial charge in [0.15, 0.2) is 5.75 Å². The number of hydrogen-bond donors (Lipinski definition) is 1. The van der Waals surface area contributed by atoms with E-state index in [1.54, 1.807) is 6.07 Å². The molecule has 0 atom stereocenters. The van der Waals surface area contributed by atoms with Crippen LogP contribution in [-0.4, -0.2) is 20.4 Å². The topological polar surface area (TPSA) is 72.5 Å². The third-order valence-electron chi connectivity index (χ3n) is 3.01. The summed E-state index contributed by atoms with van der Waals surface area (Å²) in [4.78, 5) is 12.0. The van der Waals surface area contributed by atoms with Gasteiger partial charge in [0.1, 0.15) is 0 Å². The predicted octanol–water partition coefficient (Wildman–Crippen LogP) is 1.95. The van der Waals surface area contributed by atoms with Crippen LogP contribution >= 0.6 is 0 Å². The van der Waals surface area contributed by atoms with Gasteiger partial charge < -0.3 is 9.50 Å². The van der Waals surface area contributed by atoms with Gasteiger partial charge >= 0.3 is 10.5 Å². The van der Waals surface area contributed by atoms with Gasteiger partial charge in [0.2, 0.25) is 0 Å². The minimum Gasteiger partial charge on any atom is -0.358 e. The molecule has 1 aromatic rings. The quantitative estimate of drug-likeness (QED) is 0.859. The van der Waals surface area contributed by atoms with E-state index >= 15 is 0 Å². The highest BCUT2D eigenvalue weighted by Gasteiger charge is 2.21. The summed E-state index contributed by atoms with van der Waals surface area (Å²) in [6.45, 7) is 0. The summed E-state index contributed by atoms with van der Waals surface area (Å²) < 4.78 is 37.7. The normalized spacial score (nSPS) is 16.3. The Labute approximate surface area is 111 Å². The molecule has 0 unspecified atom stereocenters. The molecule has 1 aliphatic carbocycles. The molecule has 19 heavy (non-hydrogen) atoms. The predicted molar refractivity (Wildman–Crippen MR) is 66.8 cm³/mol. The summed E-state index contributed by atoms with van der Waals surface area (Å²) in [5, 5.41) is 2.79. The van der Waals surface area contributed by atoms with Crippen molar-refractivity contribution in [3.8, 4) is 5.75 Å². The lowest BCUT2D eigenvalue weighted by Crippen LogP contribution is -2.32. The number of benzene rings is 1. The number of rotatable bonds is 4. The molecule has 0 radical (unpaired) electrons. The Kier molecular flexibility index (Phi) is 4.04. The van der Waals surface area contributed by atoms with Gasteiger partial charge in [-0.2, -0.15) is 8.42 Å². The fourth-order valence-electron chi connectivity index (χ4n) is 2.17. The molecule has 1 aliphatic rings. The number of carbonyl (C=O) groups excluding carboxylic acids is 1. The van der Waals surface area contributed by atoms with Crippen LogP contribution in [0.15, 0.2) is 24.3 Å². The number of hydrogen-bond acceptors (Lipinski definition) is 4. The molecule has 0 aromatic heterocycles. The van der Waals surface area contributed by atoms with Crippen LogP contribution < -0.4 is 9.50 Å². The Hall–Kier alpha value is -1.63. The first-order valence-corrected chi connectivity index (χ1v) is 7.30. The van der Waals surface area contributed by atoms with Crippen LogP contribution in [0, 0.1) is 0 Å². The first-order chi connectivity index (χ1) is 8.96. The van der Waals surface area contributed by atoms with Gasteiger partial charge in [-0.25, -0.2) is 0 Å². The summed E-state index contributed by atoms with van der Waals surface area (Å²) in [7, 11) is -5.14. The van der Waals surface area contributed by atoms with E-state index in [-0.39, 0.29) is 17.4 Å². The third kappa shape index (κ3) is 3.92. The molecule has 1 saturated carbocycles. The first-order valence-electron chi connectivity index (χ1n) is 6.00. The number of nitrogens with one attached hydrogen (secondary N) is 1. The van der Waals surface area contributed by atoms with Gasteiger partial charge in [-0.15, -0.1) is 0 Å². The Balaban J connectivity index is 2.16. The van der Waals surface area contributed by atoms with Crippen molar-refractivity contribution in [1.82, 2.24) is 5.32 Å². The summed E-state index contributed by atoms with van der Waals surface area (Å²) in [6.07, 6.45) is 3.91. The van der Waals surface area contributed by atoms with Gasteiger partial charge in [-0.05, 0) is 25.0 Å². The van der Waals surface area contributed by atoms with Crippen LogP contribution in [-0.2, 0) is 10.5 Å². The van der Waals surface area contributed by atoms with Crippen molar-refractivity contribution in [3.63, 3.8) is 0 Å². The maximum Gasteiger partial charge on any atom is 0.488 e. The maximum absolute atomic E-state index is 12.5. The molecule has 1 fully saturated rings. The van der Waals surface area contributed by atoms with E-state index < -0.39 is 16.4 Å². The van der Waals surface area contributed by atoms with E-state index in [0.29, 0.717) is 0 Å². The SMILES string of the molecule is O=C(NC1CCCC1)c1ccccc1OS(=O)(=O)F. The monoisotopic (exact) mass is 287 g/mol. The summed E-state index contributed by atoms with van der Waals surface area (Å²) in [5.74, 6) is -0.758. The Bertz CT molecular complexity index is 567. The number of para-hydroxylation sites is 1. The van der Waals surface area contributed by atoms with E-state index in [9.17, 15) is 17.1 Å². The van der Waals surface area contributed by atoms with Crippen molar-refractivity contribution in [1.29, 1.82) is 0 Å². The lowest BCUT2D eigenvalue weighted by Gasteiger charge is -2.13. The second kappa shape index (κ2) is 5.56. The average molecular weight is 287 g/mol. The fourth-order valence-corrected chi connectivity index (χ4v) is 2.53. The van der Waals surface area contributed by atoms with Crippen molar-refractivity contribution in [2.75, 3.05) is 0 Å². The van der Waals surface area contributed by atoms with Crippen molar-refractivity contribution < 1.29 is 21.3 Å². The zero-order valence-electron chi connectivity index (χ0n) is 10.1. The molecule has 0 spiro atoms. The van der Waals surface area contributed by atoms with Crippen LogP contribution in [0.1, 0.15) is 36.0 Å². The minimum atomic E-state index is -5.14. The first kappa shape index (κ1) is 13.8. The van der Waals surface area contributed by atoms with Gasteiger partial charge in [-0.3, -0.25) is 4.79 Å². The summed E-state index contributed by atoms with van der Waals surface area (Å²) >= 11 is 0. The van der Waals surface area contributed by atoms with E-state index in [0.717, 1.165) is 25.7 Å². The molecule has 7 heteroatoms. The molecule has 0 aliphatic heterocycles. The lowest BCUT2D eigenvalue weighted by molar-refractivity contribution is 0.0936. The third-order valence-corrected chi connectivity index (χ3v) is 3.39. The molecule has 1 aromatic carbocycles. The van der Waals surface area contributed by atoms with Crippen LogP contribution in [0.25, 0.3) is 0 Å². The molecule has 104 valence electrons. The molecule has 1 amide bonds. The molecule has 0 heterocycles. The van der Waals surface area contributed by atoms with Crippen molar-refractivity contribution >= 4 is 16.4 Å². The molecular weight excluding hydrogens is 273 g/mol. The number of carbonyl (C=O) groups is 1. The highest BCUT2D eigenvalue weighted by molar-refractivity contribution is 7.81. The Morgan fingerprint density at radius 2 is 1.89 bits per heavy atom. The highest BCUT2D eigenvalue weighted by Crippen LogP contribution is 2.22. The fraction of sp³-hybridized carbons (Fsp3) is 0.417. The smallest absolute Gasteiger partial charge is 0.358 e. The van der Waals surface area contributed by atoms with Crippen LogP contribution in [0.4, 0.5) is 3.89 Å². The Morgan fingerprint density at radius 1 is 1.26 bits per heavy atom. The zero-order chi connectivity index (χ0) is 13.9. The maximum atomic E-state index is 12.5. The standard InChI is InChI=1S/C12H14FNO4S/c13-19(16,17)18-11-8-4-3-7-10(11)12(15)14-9-5-1-2-6-9/h3-4,7-9H,1-2,5-6H2,(H,14,15). The van der Waals surface area contributed by atoms with Crippen molar-refractivity contribution in [2.24, 2.45) is 0 Å². The van der Waals surface area contributed by atoms with Gasteiger partial charge in [0, 0.05) is 6.04 Å². The van der Waals surface area contributed by atoms with Crippen LogP contribution in [0.2, 0.25) is 0 Å². The average Bonchev–Trinajstić information content (AvgIpc) is 2.80. The van der Waals surface area contributed by atoms with Crippen LogP contribution in [0.3, 0.4) is 0 Å². The minimum absolute atomic E-state index is 0.00984. The van der Waals surface area contributed by atoms with E-state index in [1.807, 2.05) is 0 Å². The van der Waals surface area contributed by atoms with Gasteiger partial charge in [0.05, 0.1) is 5.56 Å². The van der Waals surface area contributed by atoms with Crippen molar-refractivity contribution in [3.05, 3.63) is 29.8 Å². The molecule has 0 saturated heterocycles. The van der Waals surface area contributed by atoms with Crippen molar-refractivity contribution in [2.45, 2.75) is 31.7 Å². The zero-order valence-corrected chi connectivity index (χ0v) is 11.0. The van der Waals surface area contributed by atoms with Gasteiger partial charge in [0.25, 0.3) is 5.91 Å². The summed E-state index contributed by atoms with van der Waals surface area (Å²) in [5.41, 5.74) is 0.00984. The molecule has 0 bridgehead atoms. The summed E-state index contributed by atoms with van der Waals surface area (Å²) in [6, 6.07) is 5.74. The van der Waals surface area contributed by atoms with E-state index in [4.69, 9.17) is 0 Å². The molecule has 1 N–H and O–H groups in total. The number of amides is 1. The lowest BCUT2D eigenvalue weighted by atomic mass is 10.1. The highest BCUT2D eigenvalue weighted by atomic mass is 32.3. The van der Waals surface area contributed by atoms with Crippen LogP contribution in [0.5, 0.6) is 5.75 Å². The Morgan fingerprint density at radius 3 is 2.53 bits per heavy atom. The second-order valence-electron chi connectivity index (χ2n) is 4.43. The second-order valence-corrected chi connectivity index (χ2v) is 5.38. The molecule has 5 nitrogen and oxygen atoms in total. The van der Waals surface area contributed by atoms with E-state index in [2.05, 4.69) is 9.50 Å². The number of halogens is 1.